The van der Waals surface area contributed by atoms with Crippen molar-refractivity contribution >= 4 is 16.6 Å². The van der Waals surface area contributed by atoms with E-state index in [1.54, 1.807) is 0 Å². The Labute approximate surface area is 130 Å². The molecule has 2 aromatic rings. The molecule has 1 aromatic heterocycles. The van der Waals surface area contributed by atoms with Crippen molar-refractivity contribution < 1.29 is 14.2 Å². The molecular formula is C17H22N2O3. The second-order valence-corrected chi connectivity index (χ2v) is 5.15. The molecule has 5 nitrogen and oxygen atoms in total. The fraction of sp³-hybridized carbons (Fsp3) is 0.471. The number of hydrogen-bond acceptors (Lipinski definition) is 5. The van der Waals surface area contributed by atoms with E-state index in [-0.39, 0.29) is 0 Å². The number of morpholine rings is 1. The van der Waals surface area contributed by atoms with Crippen LogP contribution in [0.15, 0.2) is 24.4 Å². The molecule has 5 heteroatoms. The summed E-state index contributed by atoms with van der Waals surface area (Å²) in [6.07, 6.45) is 1.90. The molecule has 2 heterocycles. The maximum atomic E-state index is 5.70. The SMILES string of the molecule is CCOc1cc2cnc(N3CCOCC3)cc2cc1OCC. The summed E-state index contributed by atoms with van der Waals surface area (Å²) in [6.45, 7) is 8.46. The van der Waals surface area contributed by atoms with E-state index in [2.05, 4.69) is 16.0 Å². The van der Waals surface area contributed by atoms with Gasteiger partial charge in [-0.15, -0.1) is 0 Å². The van der Waals surface area contributed by atoms with Gasteiger partial charge in [-0.2, -0.15) is 0 Å². The van der Waals surface area contributed by atoms with Gasteiger partial charge >= 0.3 is 0 Å². The lowest BCUT2D eigenvalue weighted by Crippen LogP contribution is -2.36. The molecule has 1 saturated heterocycles. The Balaban J connectivity index is 1.97. The number of hydrogen-bond donors (Lipinski definition) is 0. The van der Waals surface area contributed by atoms with Gasteiger partial charge in [0.2, 0.25) is 0 Å². The molecule has 1 aliphatic heterocycles. The normalized spacial score (nSPS) is 15.1. The molecule has 3 rings (SSSR count). The van der Waals surface area contributed by atoms with Gasteiger partial charge in [-0.1, -0.05) is 0 Å². The predicted octanol–water partition coefficient (Wildman–Crippen LogP) is 2.87. The minimum atomic E-state index is 0.616. The summed E-state index contributed by atoms with van der Waals surface area (Å²) in [5.41, 5.74) is 0. The number of ether oxygens (including phenoxy) is 3. The van der Waals surface area contributed by atoms with Gasteiger partial charge in [-0.3, -0.25) is 0 Å². The highest BCUT2D eigenvalue weighted by Crippen LogP contribution is 2.33. The first-order valence-electron chi connectivity index (χ1n) is 7.84. The molecule has 0 bridgehead atoms. The molecule has 0 unspecified atom stereocenters. The van der Waals surface area contributed by atoms with E-state index in [0.717, 1.165) is 54.4 Å². The average Bonchev–Trinajstić information content (AvgIpc) is 2.56. The molecule has 0 aliphatic carbocycles. The van der Waals surface area contributed by atoms with Gasteiger partial charge in [0.1, 0.15) is 5.82 Å². The van der Waals surface area contributed by atoms with Crippen LogP contribution in [0.2, 0.25) is 0 Å². The molecule has 0 amide bonds. The Hall–Kier alpha value is -2.01. The summed E-state index contributed by atoms with van der Waals surface area (Å²) in [7, 11) is 0. The van der Waals surface area contributed by atoms with Gasteiger partial charge in [0, 0.05) is 24.7 Å². The Morgan fingerprint density at radius 2 is 1.64 bits per heavy atom. The van der Waals surface area contributed by atoms with Gasteiger partial charge in [-0.05, 0) is 37.4 Å². The summed E-state index contributed by atoms with van der Waals surface area (Å²) in [5.74, 6) is 2.55. The van der Waals surface area contributed by atoms with Crippen LogP contribution in [0.25, 0.3) is 10.8 Å². The number of fused-ring (bicyclic) bond motifs is 1. The third-order valence-corrected chi connectivity index (χ3v) is 3.70. The maximum absolute atomic E-state index is 5.70. The van der Waals surface area contributed by atoms with Crippen molar-refractivity contribution in [2.75, 3.05) is 44.4 Å². The number of rotatable bonds is 5. The van der Waals surface area contributed by atoms with Gasteiger partial charge in [0.15, 0.2) is 11.5 Å². The molecule has 1 aromatic carbocycles. The van der Waals surface area contributed by atoms with Crippen LogP contribution >= 0.6 is 0 Å². The maximum Gasteiger partial charge on any atom is 0.161 e. The fourth-order valence-electron chi connectivity index (χ4n) is 2.64. The van der Waals surface area contributed by atoms with Crippen LogP contribution in [0.1, 0.15) is 13.8 Å². The smallest absolute Gasteiger partial charge is 0.161 e. The lowest BCUT2D eigenvalue weighted by molar-refractivity contribution is 0.122. The summed E-state index contributed by atoms with van der Waals surface area (Å²) < 4.78 is 16.8. The Bertz CT molecular complexity index is 639. The van der Waals surface area contributed by atoms with Gasteiger partial charge in [0.25, 0.3) is 0 Å². The molecule has 0 saturated carbocycles. The van der Waals surface area contributed by atoms with Crippen LogP contribution in [0.3, 0.4) is 0 Å². The molecule has 118 valence electrons. The first-order chi connectivity index (χ1) is 10.8. The lowest BCUT2D eigenvalue weighted by atomic mass is 10.1. The second-order valence-electron chi connectivity index (χ2n) is 5.15. The summed E-state index contributed by atoms with van der Waals surface area (Å²) in [6, 6.07) is 6.15. The van der Waals surface area contributed by atoms with Crippen molar-refractivity contribution in [1.29, 1.82) is 0 Å². The minimum absolute atomic E-state index is 0.616. The summed E-state index contributed by atoms with van der Waals surface area (Å²) in [4.78, 5) is 6.83. The third-order valence-electron chi connectivity index (χ3n) is 3.70. The van der Waals surface area contributed by atoms with E-state index in [0.29, 0.717) is 13.2 Å². The van der Waals surface area contributed by atoms with Crippen LogP contribution in [0.5, 0.6) is 11.5 Å². The monoisotopic (exact) mass is 302 g/mol. The van der Waals surface area contributed by atoms with Crippen LogP contribution in [-0.2, 0) is 4.74 Å². The van der Waals surface area contributed by atoms with Gasteiger partial charge in [-0.25, -0.2) is 4.98 Å². The molecule has 0 radical (unpaired) electrons. The summed E-state index contributed by atoms with van der Waals surface area (Å²) >= 11 is 0. The van der Waals surface area contributed by atoms with E-state index in [9.17, 15) is 0 Å². The number of anilines is 1. The standard InChI is InChI=1S/C17H22N2O3/c1-3-21-15-9-13-11-17(19-5-7-20-8-6-19)18-12-14(13)10-16(15)22-4-2/h9-12H,3-8H2,1-2H3. The highest BCUT2D eigenvalue weighted by atomic mass is 16.5. The molecular weight excluding hydrogens is 280 g/mol. The van der Waals surface area contributed by atoms with Gasteiger partial charge in [0.05, 0.1) is 26.4 Å². The molecule has 22 heavy (non-hydrogen) atoms. The highest BCUT2D eigenvalue weighted by Gasteiger charge is 2.14. The van der Waals surface area contributed by atoms with Gasteiger partial charge < -0.3 is 19.1 Å². The average molecular weight is 302 g/mol. The van der Waals surface area contributed by atoms with Crippen LogP contribution in [0, 0.1) is 0 Å². The van der Waals surface area contributed by atoms with Crippen LogP contribution in [-0.4, -0.2) is 44.5 Å². The Kier molecular flexibility index (Phi) is 4.63. The highest BCUT2D eigenvalue weighted by molar-refractivity contribution is 5.87. The molecule has 0 N–H and O–H groups in total. The number of aromatic nitrogens is 1. The topological polar surface area (TPSA) is 43.8 Å². The quantitative estimate of drug-likeness (QED) is 0.849. The van der Waals surface area contributed by atoms with E-state index in [1.807, 2.05) is 32.2 Å². The van der Waals surface area contributed by atoms with Crippen LogP contribution in [0.4, 0.5) is 5.82 Å². The van der Waals surface area contributed by atoms with E-state index in [4.69, 9.17) is 14.2 Å². The van der Waals surface area contributed by atoms with Crippen molar-refractivity contribution in [1.82, 2.24) is 4.98 Å². The number of benzene rings is 1. The minimum Gasteiger partial charge on any atom is -0.490 e. The first kappa shape index (κ1) is 14.9. The zero-order chi connectivity index (χ0) is 15.4. The molecule has 0 atom stereocenters. The zero-order valence-corrected chi connectivity index (χ0v) is 13.2. The van der Waals surface area contributed by atoms with Crippen molar-refractivity contribution in [3.05, 3.63) is 24.4 Å². The number of pyridine rings is 1. The first-order valence-corrected chi connectivity index (χ1v) is 7.84. The van der Waals surface area contributed by atoms with Crippen molar-refractivity contribution in [2.24, 2.45) is 0 Å². The fourth-order valence-corrected chi connectivity index (χ4v) is 2.64. The predicted molar refractivity (Wildman–Crippen MR) is 87.1 cm³/mol. The largest absolute Gasteiger partial charge is 0.490 e. The molecule has 1 fully saturated rings. The Morgan fingerprint density at radius 3 is 2.27 bits per heavy atom. The second kappa shape index (κ2) is 6.83. The third kappa shape index (κ3) is 3.09. The zero-order valence-electron chi connectivity index (χ0n) is 13.2. The van der Waals surface area contributed by atoms with Crippen molar-refractivity contribution in [2.45, 2.75) is 13.8 Å². The Morgan fingerprint density at radius 1 is 1.00 bits per heavy atom. The molecule has 1 aliphatic rings. The van der Waals surface area contributed by atoms with E-state index >= 15 is 0 Å². The lowest BCUT2D eigenvalue weighted by Gasteiger charge is -2.28. The van der Waals surface area contributed by atoms with E-state index < -0.39 is 0 Å². The van der Waals surface area contributed by atoms with E-state index in [1.165, 1.54) is 0 Å². The van der Waals surface area contributed by atoms with Crippen molar-refractivity contribution in [3.8, 4) is 11.5 Å². The number of nitrogens with zero attached hydrogens (tertiary/aromatic N) is 2. The van der Waals surface area contributed by atoms with Crippen molar-refractivity contribution in [3.63, 3.8) is 0 Å². The molecule has 0 spiro atoms. The summed E-state index contributed by atoms with van der Waals surface area (Å²) in [5, 5.41) is 2.17. The van der Waals surface area contributed by atoms with Crippen LogP contribution < -0.4 is 14.4 Å².